The number of nitrogens with one attached hydrogen (secondary N) is 2. The highest BCUT2D eigenvalue weighted by Crippen LogP contribution is 2.62. The number of aromatic nitrogens is 4. The number of aromatic amines is 1. The van der Waals surface area contributed by atoms with Crippen molar-refractivity contribution in [2.24, 2.45) is 5.41 Å². The van der Waals surface area contributed by atoms with Crippen LogP contribution in [0.2, 0.25) is 0 Å². The van der Waals surface area contributed by atoms with Crippen molar-refractivity contribution < 1.29 is 9.90 Å². The maximum absolute atomic E-state index is 13.4. The van der Waals surface area contributed by atoms with Crippen molar-refractivity contribution in [3.63, 3.8) is 0 Å². The predicted octanol–water partition coefficient (Wildman–Crippen LogP) is 4.38. The Labute approximate surface area is 220 Å². The Balaban J connectivity index is 1.05. The molecule has 2 heterocycles. The summed E-state index contributed by atoms with van der Waals surface area (Å²) in [7, 11) is 0. The summed E-state index contributed by atoms with van der Waals surface area (Å²) in [5, 5.41) is 27.9. The first-order valence-corrected chi connectivity index (χ1v) is 13.7. The maximum atomic E-state index is 13.4. The van der Waals surface area contributed by atoms with Gasteiger partial charge in [-0.05, 0) is 81.4 Å². The number of carbonyl (C=O) groups is 1. The van der Waals surface area contributed by atoms with Crippen molar-refractivity contribution in [3.8, 4) is 0 Å². The zero-order valence-electron chi connectivity index (χ0n) is 21.8. The molecule has 2 aromatic heterocycles. The van der Waals surface area contributed by atoms with Crippen LogP contribution in [0.1, 0.15) is 86.0 Å². The Bertz CT molecular complexity index is 1630. The standard InChI is InChI=1S/C30H33N5O3/c1-29(2,38)16-35-24-11-18(17-7-8-17)9-10-23(24)26(34-35)28(37)31-20-14-30(15-20)12-19(13-30)25-21-5-3-4-6-22(21)27(36)33-32-25/h3-6,9-11,17,19-20,38H,7-8,12-16H2,1-2H3,(H,31,37)(H,33,36). The van der Waals surface area contributed by atoms with Crippen molar-refractivity contribution in [3.05, 3.63) is 69.8 Å². The lowest BCUT2D eigenvalue weighted by molar-refractivity contribution is -0.0197. The van der Waals surface area contributed by atoms with Crippen LogP contribution in [0.3, 0.4) is 0 Å². The Morgan fingerprint density at radius 3 is 2.53 bits per heavy atom. The van der Waals surface area contributed by atoms with E-state index in [1.54, 1.807) is 18.5 Å². The number of fused-ring (bicyclic) bond motifs is 2. The van der Waals surface area contributed by atoms with E-state index in [-0.39, 0.29) is 22.9 Å². The molecule has 3 aliphatic carbocycles. The molecule has 4 aromatic rings. The minimum Gasteiger partial charge on any atom is -0.389 e. The molecule has 0 atom stereocenters. The molecule has 7 rings (SSSR count). The van der Waals surface area contributed by atoms with Crippen LogP contribution in [0.5, 0.6) is 0 Å². The van der Waals surface area contributed by atoms with Crippen LogP contribution in [0.15, 0.2) is 47.3 Å². The van der Waals surface area contributed by atoms with Gasteiger partial charge in [-0.25, -0.2) is 5.10 Å². The SMILES string of the molecule is CC(C)(O)Cn1nc(C(=O)NC2CC3(C2)CC(c2n[nH]c(=O)c4ccccc24)C3)c2ccc(C3CC3)cc21. The lowest BCUT2D eigenvalue weighted by Gasteiger charge is -2.57. The molecule has 196 valence electrons. The highest BCUT2D eigenvalue weighted by molar-refractivity contribution is 6.05. The number of H-pyrrole nitrogens is 1. The van der Waals surface area contributed by atoms with Crippen molar-refractivity contribution >= 4 is 27.6 Å². The van der Waals surface area contributed by atoms with Crippen LogP contribution in [-0.2, 0) is 6.54 Å². The van der Waals surface area contributed by atoms with Gasteiger partial charge in [0.2, 0.25) is 0 Å². The molecular formula is C30H33N5O3. The largest absolute Gasteiger partial charge is 0.389 e. The fraction of sp³-hybridized carbons (Fsp3) is 0.467. The number of aliphatic hydroxyl groups is 1. The van der Waals surface area contributed by atoms with Gasteiger partial charge >= 0.3 is 0 Å². The second-order valence-corrected chi connectivity index (χ2v) is 12.5. The first-order valence-electron chi connectivity index (χ1n) is 13.7. The van der Waals surface area contributed by atoms with E-state index < -0.39 is 5.60 Å². The van der Waals surface area contributed by atoms with Gasteiger partial charge in [-0.2, -0.15) is 10.2 Å². The van der Waals surface area contributed by atoms with Crippen LogP contribution in [-0.4, -0.2) is 42.6 Å². The summed E-state index contributed by atoms with van der Waals surface area (Å²) in [5.41, 5.74) is 2.76. The zero-order valence-corrected chi connectivity index (χ0v) is 21.8. The van der Waals surface area contributed by atoms with Gasteiger partial charge in [-0.15, -0.1) is 0 Å². The summed E-state index contributed by atoms with van der Waals surface area (Å²) in [6.07, 6.45) is 6.36. The molecule has 3 saturated carbocycles. The van der Waals surface area contributed by atoms with Crippen LogP contribution in [0.25, 0.3) is 21.7 Å². The third-order valence-electron chi connectivity index (χ3n) is 8.74. The molecule has 3 fully saturated rings. The Morgan fingerprint density at radius 1 is 1.08 bits per heavy atom. The lowest BCUT2D eigenvalue weighted by atomic mass is 9.49. The highest BCUT2D eigenvalue weighted by Gasteiger charge is 2.54. The number of carbonyl (C=O) groups excluding carboxylic acids is 1. The zero-order chi connectivity index (χ0) is 26.2. The molecule has 2 aromatic carbocycles. The van der Waals surface area contributed by atoms with E-state index in [1.807, 2.05) is 30.3 Å². The van der Waals surface area contributed by atoms with Crippen LogP contribution < -0.4 is 10.9 Å². The number of hydrogen-bond acceptors (Lipinski definition) is 5. The van der Waals surface area contributed by atoms with Crippen LogP contribution in [0.4, 0.5) is 0 Å². The van der Waals surface area contributed by atoms with Gasteiger partial charge < -0.3 is 10.4 Å². The number of nitrogens with zero attached hydrogens (tertiary/aromatic N) is 3. The average Bonchev–Trinajstić information content (AvgIpc) is 3.62. The summed E-state index contributed by atoms with van der Waals surface area (Å²) < 4.78 is 1.79. The van der Waals surface area contributed by atoms with Crippen molar-refractivity contribution in [2.75, 3.05) is 0 Å². The lowest BCUT2D eigenvalue weighted by Crippen LogP contribution is -2.55. The molecule has 0 radical (unpaired) electrons. The van der Waals surface area contributed by atoms with E-state index in [9.17, 15) is 14.7 Å². The van der Waals surface area contributed by atoms with Crippen molar-refractivity contribution in [1.82, 2.24) is 25.3 Å². The summed E-state index contributed by atoms with van der Waals surface area (Å²) in [4.78, 5) is 25.5. The van der Waals surface area contributed by atoms with E-state index in [1.165, 1.54) is 18.4 Å². The quantitative estimate of drug-likeness (QED) is 0.356. The van der Waals surface area contributed by atoms with E-state index in [2.05, 4.69) is 32.7 Å². The fourth-order valence-electron chi connectivity index (χ4n) is 6.82. The van der Waals surface area contributed by atoms with E-state index in [0.717, 1.165) is 47.7 Å². The summed E-state index contributed by atoms with van der Waals surface area (Å²) in [6.45, 7) is 3.85. The van der Waals surface area contributed by atoms with Gasteiger partial charge in [-0.3, -0.25) is 14.3 Å². The molecule has 1 amide bonds. The Hall–Kier alpha value is -3.52. The average molecular weight is 512 g/mol. The molecule has 38 heavy (non-hydrogen) atoms. The first kappa shape index (κ1) is 23.6. The van der Waals surface area contributed by atoms with Gasteiger partial charge in [0.05, 0.1) is 28.7 Å². The minimum absolute atomic E-state index is 0.129. The number of hydrogen-bond donors (Lipinski definition) is 3. The van der Waals surface area contributed by atoms with Crippen LogP contribution >= 0.6 is 0 Å². The number of rotatable bonds is 6. The summed E-state index contributed by atoms with van der Waals surface area (Å²) >= 11 is 0. The number of benzene rings is 2. The molecule has 0 aliphatic heterocycles. The Morgan fingerprint density at radius 2 is 1.82 bits per heavy atom. The molecule has 0 bridgehead atoms. The smallest absolute Gasteiger partial charge is 0.272 e. The molecule has 1 spiro atoms. The molecule has 8 heteroatoms. The normalized spacial score (nSPS) is 24.9. The summed E-state index contributed by atoms with van der Waals surface area (Å²) in [5.74, 6) is 0.784. The molecule has 8 nitrogen and oxygen atoms in total. The molecule has 3 N–H and O–H groups in total. The molecule has 0 unspecified atom stereocenters. The molecule has 3 aliphatic rings. The minimum atomic E-state index is -0.935. The molecular weight excluding hydrogens is 478 g/mol. The summed E-state index contributed by atoms with van der Waals surface area (Å²) in [6, 6.07) is 14.1. The third-order valence-corrected chi connectivity index (χ3v) is 8.74. The first-order chi connectivity index (χ1) is 18.2. The topological polar surface area (TPSA) is 113 Å². The van der Waals surface area contributed by atoms with Gasteiger partial charge in [-0.1, -0.05) is 30.3 Å². The van der Waals surface area contributed by atoms with Gasteiger partial charge in [0.15, 0.2) is 5.69 Å². The number of amides is 1. The second-order valence-electron chi connectivity index (χ2n) is 12.5. The van der Waals surface area contributed by atoms with Crippen LogP contribution in [0, 0.1) is 5.41 Å². The highest BCUT2D eigenvalue weighted by atomic mass is 16.3. The van der Waals surface area contributed by atoms with E-state index >= 15 is 0 Å². The monoisotopic (exact) mass is 511 g/mol. The van der Waals surface area contributed by atoms with Crippen molar-refractivity contribution in [2.45, 2.75) is 82.4 Å². The predicted molar refractivity (Wildman–Crippen MR) is 145 cm³/mol. The van der Waals surface area contributed by atoms with Gasteiger partial charge in [0.1, 0.15) is 0 Å². The maximum Gasteiger partial charge on any atom is 0.272 e. The third kappa shape index (κ3) is 4.02. The van der Waals surface area contributed by atoms with E-state index in [0.29, 0.717) is 29.5 Å². The van der Waals surface area contributed by atoms with Gasteiger partial charge in [0.25, 0.3) is 11.5 Å². The van der Waals surface area contributed by atoms with Crippen molar-refractivity contribution in [1.29, 1.82) is 0 Å². The second kappa shape index (κ2) is 8.24. The Kier molecular flexibility index (Phi) is 5.11. The molecule has 0 saturated heterocycles. The van der Waals surface area contributed by atoms with Gasteiger partial charge in [0, 0.05) is 22.7 Å². The van der Waals surface area contributed by atoms with E-state index in [4.69, 9.17) is 0 Å². The fourth-order valence-corrected chi connectivity index (χ4v) is 6.82.